The Balaban J connectivity index is 0.00000172. The van der Waals surface area contributed by atoms with Gasteiger partial charge in [0.05, 0.1) is 6.61 Å². The molecule has 20 heavy (non-hydrogen) atoms. The molecule has 5 heteroatoms. The fourth-order valence-electron chi connectivity index (χ4n) is 1.40. The van der Waals surface area contributed by atoms with E-state index in [4.69, 9.17) is 9.84 Å². The number of carbonyl (C=O) groups excluding carboxylic acids is 1. The van der Waals surface area contributed by atoms with Crippen molar-refractivity contribution in [2.24, 2.45) is 0 Å². The van der Waals surface area contributed by atoms with Crippen LogP contribution in [0.5, 0.6) is 0 Å². The summed E-state index contributed by atoms with van der Waals surface area (Å²) in [7, 11) is 0. The molecule has 0 aliphatic rings. The molecule has 0 spiro atoms. The average molecular weight is 298 g/mol. The molecule has 0 aromatic carbocycles. The van der Waals surface area contributed by atoms with Crippen molar-refractivity contribution >= 4 is 29.4 Å². The molecule has 0 bridgehead atoms. The minimum atomic E-state index is -0.924. The van der Waals surface area contributed by atoms with Crippen LogP contribution in [-0.4, -0.2) is 23.7 Å². The molecule has 0 saturated carbocycles. The zero-order chi connectivity index (χ0) is 15.5. The van der Waals surface area contributed by atoms with Crippen molar-refractivity contribution in [1.29, 1.82) is 0 Å². The summed E-state index contributed by atoms with van der Waals surface area (Å²) in [5.74, 6) is -1.36. The maximum absolute atomic E-state index is 11.7. The van der Waals surface area contributed by atoms with Crippen LogP contribution in [0.15, 0.2) is 17.0 Å². The van der Waals surface area contributed by atoms with Crippen LogP contribution in [0.4, 0.5) is 0 Å². The highest BCUT2D eigenvalue weighted by Crippen LogP contribution is 2.20. The Bertz CT molecular complexity index is 460. The molecule has 112 valence electrons. The second-order valence-electron chi connectivity index (χ2n) is 3.81. The minimum Gasteiger partial charge on any atom is -0.481 e. The number of hydrogen-bond acceptors (Lipinski definition) is 4. The third-order valence-corrected chi connectivity index (χ3v) is 3.21. The van der Waals surface area contributed by atoms with E-state index >= 15 is 0 Å². The van der Waals surface area contributed by atoms with Crippen LogP contribution in [-0.2, 0) is 14.3 Å². The quantitative estimate of drug-likeness (QED) is 0.639. The maximum atomic E-state index is 11.7. The first-order valence-corrected chi connectivity index (χ1v) is 7.55. The number of carboxylic acid groups (broad SMARTS) is 1. The van der Waals surface area contributed by atoms with Crippen molar-refractivity contribution < 1.29 is 19.4 Å². The van der Waals surface area contributed by atoms with Gasteiger partial charge in [0.2, 0.25) is 0 Å². The molecule has 0 amide bonds. The second kappa shape index (κ2) is 10.2. The number of aliphatic carboxylic acids is 1. The molecule has 1 heterocycles. The van der Waals surface area contributed by atoms with E-state index in [9.17, 15) is 9.59 Å². The van der Waals surface area contributed by atoms with Gasteiger partial charge in [-0.05, 0) is 43.4 Å². The van der Waals surface area contributed by atoms with Gasteiger partial charge in [-0.1, -0.05) is 13.8 Å². The highest BCUT2D eigenvalue weighted by atomic mass is 32.1. The Morgan fingerprint density at radius 1 is 1.35 bits per heavy atom. The summed E-state index contributed by atoms with van der Waals surface area (Å²) in [6.45, 7) is 7.98. The molecule has 1 aromatic rings. The molecule has 0 saturated heterocycles. The van der Waals surface area contributed by atoms with E-state index in [0.717, 1.165) is 10.4 Å². The number of carboxylic acids is 1. The van der Waals surface area contributed by atoms with E-state index in [1.165, 1.54) is 11.3 Å². The van der Waals surface area contributed by atoms with Crippen LogP contribution in [0.25, 0.3) is 6.08 Å². The van der Waals surface area contributed by atoms with Crippen LogP contribution < -0.4 is 0 Å². The van der Waals surface area contributed by atoms with Gasteiger partial charge >= 0.3 is 11.9 Å². The van der Waals surface area contributed by atoms with Crippen LogP contribution in [0.2, 0.25) is 0 Å². The number of ether oxygens (including phenoxy) is 1. The zero-order valence-corrected chi connectivity index (χ0v) is 13.3. The molecular weight excluding hydrogens is 276 g/mol. The van der Waals surface area contributed by atoms with E-state index in [2.05, 4.69) is 0 Å². The van der Waals surface area contributed by atoms with Crippen molar-refractivity contribution in [3.63, 3.8) is 0 Å². The standard InChI is InChI=1S/C13H16O4S.C2H6/c1-3-17-13(16)10(4-5-12(14)15)7-11-6-9(2)8-18-11;1-2/h6-8H,3-5H2,1-2H3,(H,14,15);1-2H3/b10-7+;. The molecule has 1 N–H and O–H groups in total. The van der Waals surface area contributed by atoms with Crippen LogP contribution in [0, 0.1) is 6.92 Å². The molecule has 0 atom stereocenters. The normalized spacial score (nSPS) is 10.5. The van der Waals surface area contributed by atoms with Gasteiger partial charge < -0.3 is 9.84 Å². The Morgan fingerprint density at radius 3 is 2.45 bits per heavy atom. The van der Waals surface area contributed by atoms with Crippen molar-refractivity contribution in [3.8, 4) is 0 Å². The van der Waals surface area contributed by atoms with Gasteiger partial charge in [-0.3, -0.25) is 4.79 Å². The first kappa shape index (κ1) is 18.4. The third kappa shape index (κ3) is 7.09. The van der Waals surface area contributed by atoms with Gasteiger partial charge in [0.15, 0.2) is 0 Å². The Hall–Kier alpha value is -1.62. The van der Waals surface area contributed by atoms with E-state index in [0.29, 0.717) is 5.57 Å². The number of aryl methyl sites for hydroxylation is 1. The highest BCUT2D eigenvalue weighted by Gasteiger charge is 2.12. The number of hydrogen-bond donors (Lipinski definition) is 1. The van der Waals surface area contributed by atoms with Crippen molar-refractivity contribution in [2.75, 3.05) is 6.61 Å². The maximum Gasteiger partial charge on any atom is 0.334 e. The lowest BCUT2D eigenvalue weighted by Crippen LogP contribution is -2.09. The van der Waals surface area contributed by atoms with Gasteiger partial charge in [0.1, 0.15) is 0 Å². The predicted molar refractivity (Wildman–Crippen MR) is 81.9 cm³/mol. The lowest BCUT2D eigenvalue weighted by Gasteiger charge is -2.05. The molecular formula is C15H22O4S. The summed E-state index contributed by atoms with van der Waals surface area (Å²) in [6.07, 6.45) is 1.82. The largest absolute Gasteiger partial charge is 0.481 e. The lowest BCUT2D eigenvalue weighted by atomic mass is 10.1. The van der Waals surface area contributed by atoms with Crippen LogP contribution in [0.1, 0.15) is 44.1 Å². The van der Waals surface area contributed by atoms with Gasteiger partial charge in [-0.25, -0.2) is 4.79 Å². The predicted octanol–water partition coefficient (Wildman–Crippen LogP) is 3.89. The summed E-state index contributed by atoms with van der Waals surface area (Å²) in [5.41, 5.74) is 1.52. The van der Waals surface area contributed by atoms with Gasteiger partial charge in [-0.2, -0.15) is 0 Å². The fraction of sp³-hybridized carbons (Fsp3) is 0.467. The summed E-state index contributed by atoms with van der Waals surface area (Å²) in [4.78, 5) is 23.2. The molecule has 0 aliphatic carbocycles. The highest BCUT2D eigenvalue weighted by molar-refractivity contribution is 7.11. The van der Waals surface area contributed by atoms with E-state index in [1.807, 2.05) is 32.2 Å². The SMILES string of the molecule is CC.CCOC(=O)/C(=C/c1cc(C)cs1)CCC(=O)O. The lowest BCUT2D eigenvalue weighted by molar-refractivity contribution is -0.138. The molecule has 0 unspecified atom stereocenters. The van der Waals surface area contributed by atoms with Crippen molar-refractivity contribution in [1.82, 2.24) is 0 Å². The first-order valence-electron chi connectivity index (χ1n) is 6.67. The molecule has 0 radical (unpaired) electrons. The molecule has 0 aliphatic heterocycles. The summed E-state index contributed by atoms with van der Waals surface area (Å²) < 4.78 is 4.92. The number of rotatable bonds is 6. The smallest absolute Gasteiger partial charge is 0.334 e. The number of thiophene rings is 1. The van der Waals surface area contributed by atoms with Gasteiger partial charge in [0, 0.05) is 16.9 Å². The van der Waals surface area contributed by atoms with Crippen molar-refractivity contribution in [3.05, 3.63) is 27.5 Å². The van der Waals surface area contributed by atoms with E-state index in [1.54, 1.807) is 13.0 Å². The van der Waals surface area contributed by atoms with Crippen molar-refractivity contribution in [2.45, 2.75) is 40.5 Å². The average Bonchev–Trinajstić information content (AvgIpc) is 2.82. The van der Waals surface area contributed by atoms with E-state index in [-0.39, 0.29) is 19.4 Å². The van der Waals surface area contributed by atoms with Crippen LogP contribution in [0.3, 0.4) is 0 Å². The molecule has 4 nitrogen and oxygen atoms in total. The number of esters is 1. The summed E-state index contributed by atoms with van der Waals surface area (Å²) in [5, 5.41) is 10.6. The topological polar surface area (TPSA) is 63.6 Å². The van der Waals surface area contributed by atoms with Crippen LogP contribution >= 0.6 is 11.3 Å². The summed E-state index contributed by atoms with van der Waals surface area (Å²) >= 11 is 1.52. The Kier molecular flexibility index (Phi) is 9.38. The number of carbonyl (C=O) groups is 2. The van der Waals surface area contributed by atoms with Gasteiger partial charge in [0.25, 0.3) is 0 Å². The molecule has 1 aromatic heterocycles. The molecule has 1 rings (SSSR count). The third-order valence-electron chi connectivity index (χ3n) is 2.21. The summed E-state index contributed by atoms with van der Waals surface area (Å²) in [6, 6.07) is 1.95. The fourth-order valence-corrected chi connectivity index (χ4v) is 2.25. The Labute approximate surface area is 124 Å². The van der Waals surface area contributed by atoms with E-state index < -0.39 is 11.9 Å². The van der Waals surface area contributed by atoms with Gasteiger partial charge in [-0.15, -0.1) is 11.3 Å². The molecule has 0 fully saturated rings. The minimum absolute atomic E-state index is 0.0744. The monoisotopic (exact) mass is 298 g/mol. The Morgan fingerprint density at radius 2 is 2.00 bits per heavy atom. The zero-order valence-electron chi connectivity index (χ0n) is 12.4. The first-order chi connectivity index (χ1) is 9.52. The second-order valence-corrected chi connectivity index (χ2v) is 4.75.